The molecule has 4 rings (SSSR count). The standard InChI is InChI=1S/C28H29F5N4O3/c1-15-12-23(40-14-19-20(29)6-5-7-21(19)30)22-9-8-16(2)17(3)25(36(22)13-15)27(39)34-24-18(4)35-37(10-11-38)26(24)28(31,32)33/h5-7,9,12-13,16,38H,8,10-11,14H2,1-4H3,(H,34,39). The van der Waals surface area contributed by atoms with E-state index < -0.39 is 54.9 Å². The third-order valence-electron chi connectivity index (χ3n) is 6.82. The van der Waals surface area contributed by atoms with Gasteiger partial charge < -0.3 is 20.1 Å². The fraction of sp³-hybridized carbons (Fsp3) is 0.357. The number of aromatic nitrogens is 2. The van der Waals surface area contributed by atoms with E-state index in [2.05, 4.69) is 10.4 Å². The van der Waals surface area contributed by atoms with Crippen LogP contribution < -0.4 is 5.32 Å². The third kappa shape index (κ3) is 5.67. The first-order valence-electron chi connectivity index (χ1n) is 12.6. The Labute approximate surface area is 227 Å². The van der Waals surface area contributed by atoms with Crippen LogP contribution in [-0.2, 0) is 28.9 Å². The summed E-state index contributed by atoms with van der Waals surface area (Å²) in [5.74, 6) is -2.26. The average molecular weight is 565 g/mol. The molecular weight excluding hydrogens is 535 g/mol. The number of benzene rings is 1. The minimum Gasteiger partial charge on any atom is -0.486 e. The van der Waals surface area contributed by atoms with Gasteiger partial charge in [0.25, 0.3) is 5.91 Å². The molecule has 12 heteroatoms. The van der Waals surface area contributed by atoms with Crippen LogP contribution in [-0.4, -0.2) is 32.3 Å². The molecule has 0 saturated heterocycles. The molecule has 0 spiro atoms. The minimum absolute atomic E-state index is 0.0639. The topological polar surface area (TPSA) is 79.6 Å². The zero-order valence-corrected chi connectivity index (χ0v) is 22.4. The lowest BCUT2D eigenvalue weighted by molar-refractivity contribution is -0.143. The van der Waals surface area contributed by atoms with Crippen molar-refractivity contribution < 1.29 is 36.6 Å². The molecule has 2 N–H and O–H groups in total. The Morgan fingerprint density at radius 3 is 2.50 bits per heavy atom. The van der Waals surface area contributed by atoms with Crippen LogP contribution in [0.25, 0.3) is 0 Å². The highest BCUT2D eigenvalue weighted by molar-refractivity contribution is 6.05. The van der Waals surface area contributed by atoms with Crippen LogP contribution >= 0.6 is 0 Å². The Balaban J connectivity index is 1.70. The van der Waals surface area contributed by atoms with Crippen molar-refractivity contribution in [1.82, 2.24) is 14.7 Å². The first-order chi connectivity index (χ1) is 18.8. The Morgan fingerprint density at radius 2 is 1.88 bits per heavy atom. The van der Waals surface area contributed by atoms with Crippen molar-refractivity contribution in [2.75, 3.05) is 11.9 Å². The van der Waals surface area contributed by atoms with E-state index in [-0.39, 0.29) is 28.6 Å². The molecule has 214 valence electrons. The number of carbonyl (C=O) groups is 1. The predicted molar refractivity (Wildman–Crippen MR) is 137 cm³/mol. The second kappa shape index (κ2) is 11.3. The Kier molecular flexibility index (Phi) is 8.20. The summed E-state index contributed by atoms with van der Waals surface area (Å²) in [5, 5.41) is 15.5. The molecule has 40 heavy (non-hydrogen) atoms. The van der Waals surface area contributed by atoms with Crippen molar-refractivity contribution in [3.63, 3.8) is 0 Å². The highest BCUT2D eigenvalue weighted by atomic mass is 19.4. The average Bonchev–Trinajstić information content (AvgIpc) is 3.10. The molecule has 3 heterocycles. The van der Waals surface area contributed by atoms with Gasteiger partial charge in [0.15, 0.2) is 5.69 Å². The van der Waals surface area contributed by atoms with Gasteiger partial charge in [-0.1, -0.05) is 19.1 Å². The van der Waals surface area contributed by atoms with E-state index in [9.17, 15) is 31.9 Å². The summed E-state index contributed by atoms with van der Waals surface area (Å²) in [6, 6.07) is 3.49. The lowest BCUT2D eigenvalue weighted by Crippen LogP contribution is -2.31. The van der Waals surface area contributed by atoms with Crippen LogP contribution in [0.4, 0.5) is 27.6 Å². The first-order valence-corrected chi connectivity index (χ1v) is 12.6. The summed E-state index contributed by atoms with van der Waals surface area (Å²) in [7, 11) is 0. The maximum atomic E-state index is 14.2. The molecule has 0 fully saturated rings. The molecule has 1 unspecified atom stereocenters. The van der Waals surface area contributed by atoms with Crippen LogP contribution in [0.5, 0.6) is 0 Å². The Bertz CT molecular complexity index is 1430. The number of carbonyl (C=O) groups excluding carboxylic acids is 1. The lowest BCUT2D eigenvalue weighted by Gasteiger charge is -2.31. The molecule has 0 bridgehead atoms. The number of hydrogen-bond acceptors (Lipinski definition) is 5. The van der Waals surface area contributed by atoms with Crippen LogP contribution in [0.1, 0.15) is 44.1 Å². The number of fused-ring (bicyclic) bond motifs is 1. The number of alkyl halides is 3. The van der Waals surface area contributed by atoms with Crippen molar-refractivity contribution in [3.05, 3.63) is 93.4 Å². The zero-order valence-electron chi connectivity index (χ0n) is 22.4. The minimum atomic E-state index is -4.85. The van der Waals surface area contributed by atoms with Crippen molar-refractivity contribution in [2.24, 2.45) is 5.92 Å². The zero-order chi connectivity index (χ0) is 29.4. The quantitative estimate of drug-likeness (QED) is 0.407. The number of anilines is 1. The number of nitrogens with one attached hydrogen (secondary N) is 1. The molecule has 0 radical (unpaired) electrons. The van der Waals surface area contributed by atoms with E-state index in [4.69, 9.17) is 4.74 Å². The molecule has 7 nitrogen and oxygen atoms in total. The monoisotopic (exact) mass is 564 g/mol. The van der Waals surface area contributed by atoms with Gasteiger partial charge in [0.05, 0.1) is 35.8 Å². The van der Waals surface area contributed by atoms with Gasteiger partial charge in [-0.3, -0.25) is 9.48 Å². The van der Waals surface area contributed by atoms with Gasteiger partial charge in [0, 0.05) is 6.20 Å². The lowest BCUT2D eigenvalue weighted by atomic mass is 9.97. The molecule has 1 aromatic heterocycles. The predicted octanol–water partition coefficient (Wildman–Crippen LogP) is 5.94. The van der Waals surface area contributed by atoms with Gasteiger partial charge in [0.1, 0.15) is 29.7 Å². The van der Waals surface area contributed by atoms with E-state index in [1.165, 1.54) is 17.9 Å². The van der Waals surface area contributed by atoms with Crippen molar-refractivity contribution >= 4 is 11.6 Å². The number of ether oxygens (including phenoxy) is 1. The maximum Gasteiger partial charge on any atom is 0.435 e. The van der Waals surface area contributed by atoms with Crippen molar-refractivity contribution in [3.8, 4) is 0 Å². The maximum absolute atomic E-state index is 14.2. The molecule has 1 atom stereocenters. The number of aryl methyl sites for hydroxylation is 1. The Morgan fingerprint density at radius 1 is 1.20 bits per heavy atom. The van der Waals surface area contributed by atoms with Gasteiger partial charge in [0.2, 0.25) is 0 Å². The van der Waals surface area contributed by atoms with Crippen LogP contribution in [0, 0.1) is 24.5 Å². The Hall–Kier alpha value is -3.93. The van der Waals surface area contributed by atoms with E-state index in [0.717, 1.165) is 12.1 Å². The third-order valence-corrected chi connectivity index (χ3v) is 6.82. The second-order valence-electron chi connectivity index (χ2n) is 9.71. The van der Waals surface area contributed by atoms with E-state index in [1.807, 2.05) is 13.0 Å². The number of allylic oxidation sites excluding steroid dienone is 4. The number of hydrogen-bond donors (Lipinski definition) is 2. The number of aliphatic hydroxyl groups is 1. The summed E-state index contributed by atoms with van der Waals surface area (Å²) in [5.41, 5.74) is -0.252. The summed E-state index contributed by atoms with van der Waals surface area (Å²) < 4.78 is 76.9. The highest BCUT2D eigenvalue weighted by Gasteiger charge is 2.41. The van der Waals surface area contributed by atoms with Gasteiger partial charge in [-0.05, 0) is 62.5 Å². The van der Waals surface area contributed by atoms with E-state index >= 15 is 0 Å². The molecule has 2 aromatic rings. The summed E-state index contributed by atoms with van der Waals surface area (Å²) in [6.45, 7) is 5.27. The molecule has 1 amide bonds. The largest absolute Gasteiger partial charge is 0.486 e. The normalized spacial score (nSPS) is 17.6. The number of rotatable bonds is 7. The van der Waals surface area contributed by atoms with E-state index in [0.29, 0.717) is 27.9 Å². The SMILES string of the molecule is CC1=CN2C(=CCC(C)C(C)=C2C(=O)Nc2c(C)nn(CCO)c2C(F)(F)F)C(OCc2c(F)cccc2F)=C1. The smallest absolute Gasteiger partial charge is 0.435 e. The number of amides is 1. The summed E-state index contributed by atoms with van der Waals surface area (Å²) in [6.07, 6.45) is 0.736. The summed E-state index contributed by atoms with van der Waals surface area (Å²) >= 11 is 0. The molecule has 2 aliphatic rings. The van der Waals surface area contributed by atoms with Crippen molar-refractivity contribution in [2.45, 2.75) is 53.4 Å². The highest BCUT2D eigenvalue weighted by Crippen LogP contribution is 2.39. The molecule has 0 aliphatic carbocycles. The first kappa shape index (κ1) is 29.1. The van der Waals surface area contributed by atoms with Crippen LogP contribution in [0.2, 0.25) is 0 Å². The fourth-order valence-corrected chi connectivity index (χ4v) is 4.66. The molecular formula is C28H29F5N4O3. The molecule has 1 aromatic carbocycles. The van der Waals surface area contributed by atoms with Gasteiger partial charge in [-0.15, -0.1) is 0 Å². The van der Waals surface area contributed by atoms with E-state index in [1.54, 1.807) is 26.1 Å². The second-order valence-corrected chi connectivity index (χ2v) is 9.71. The van der Waals surface area contributed by atoms with Crippen molar-refractivity contribution in [1.29, 1.82) is 0 Å². The van der Waals surface area contributed by atoms with Crippen LogP contribution in [0.3, 0.4) is 0 Å². The molecule has 2 aliphatic heterocycles. The van der Waals surface area contributed by atoms with Gasteiger partial charge in [-0.2, -0.15) is 18.3 Å². The number of halogens is 5. The number of aliphatic hydroxyl groups excluding tert-OH is 1. The van der Waals surface area contributed by atoms with Gasteiger partial charge >= 0.3 is 6.18 Å². The summed E-state index contributed by atoms with van der Waals surface area (Å²) in [4.78, 5) is 15.3. The van der Waals surface area contributed by atoms with Gasteiger partial charge in [-0.25, -0.2) is 8.78 Å². The van der Waals surface area contributed by atoms with Crippen LogP contribution in [0.15, 0.2) is 64.9 Å². The molecule has 0 saturated carbocycles. The number of nitrogens with zero attached hydrogens (tertiary/aromatic N) is 3. The fourth-order valence-electron chi connectivity index (χ4n) is 4.66.